The second-order valence-corrected chi connectivity index (χ2v) is 7.28. The second kappa shape index (κ2) is 9.05. The highest BCUT2D eigenvalue weighted by molar-refractivity contribution is 5.78. The summed E-state index contributed by atoms with van der Waals surface area (Å²) in [5, 5.41) is 11.4. The van der Waals surface area contributed by atoms with Crippen molar-refractivity contribution in [2.45, 2.75) is 32.5 Å². The molecule has 0 aliphatic rings. The number of methoxy groups -OCH3 is 1. The van der Waals surface area contributed by atoms with Gasteiger partial charge in [0.15, 0.2) is 0 Å². The van der Waals surface area contributed by atoms with Gasteiger partial charge in [0.05, 0.1) is 35.6 Å². The van der Waals surface area contributed by atoms with Gasteiger partial charge in [-0.1, -0.05) is 29.5 Å². The summed E-state index contributed by atoms with van der Waals surface area (Å²) < 4.78 is 8.51. The molecule has 9 heteroatoms. The monoisotopic (exact) mass is 420 g/mol. The molecule has 31 heavy (non-hydrogen) atoms. The number of para-hydroxylation sites is 2. The number of ether oxygens (including phenoxy) is 1. The lowest BCUT2D eigenvalue weighted by molar-refractivity contribution is -0.122. The van der Waals surface area contributed by atoms with Crippen molar-refractivity contribution in [3.8, 4) is 0 Å². The highest BCUT2D eigenvalue weighted by Gasteiger charge is 2.18. The Balaban J connectivity index is 1.47. The molecule has 0 aliphatic carbocycles. The van der Waals surface area contributed by atoms with Crippen molar-refractivity contribution in [1.29, 1.82) is 0 Å². The van der Waals surface area contributed by atoms with Crippen molar-refractivity contribution in [2.24, 2.45) is 0 Å². The number of hydrogen-bond donors (Lipinski definition) is 1. The Bertz CT molecular complexity index is 1280. The molecule has 4 rings (SSSR count). The number of aromatic nitrogens is 5. The van der Waals surface area contributed by atoms with E-state index in [-0.39, 0.29) is 30.5 Å². The van der Waals surface area contributed by atoms with Crippen LogP contribution in [0.4, 0.5) is 0 Å². The summed E-state index contributed by atoms with van der Waals surface area (Å²) in [4.78, 5) is 29.8. The van der Waals surface area contributed by atoms with Crippen molar-refractivity contribution in [1.82, 2.24) is 29.9 Å². The van der Waals surface area contributed by atoms with E-state index in [0.29, 0.717) is 24.1 Å². The van der Waals surface area contributed by atoms with Gasteiger partial charge >= 0.3 is 0 Å². The molecule has 1 N–H and O–H groups in total. The Kier molecular flexibility index (Phi) is 6.03. The maximum absolute atomic E-state index is 12.6. The minimum atomic E-state index is -0.309. The third kappa shape index (κ3) is 4.31. The van der Waals surface area contributed by atoms with Gasteiger partial charge in [0.25, 0.3) is 5.56 Å². The first-order valence-corrected chi connectivity index (χ1v) is 10.1. The Morgan fingerprint density at radius 2 is 1.84 bits per heavy atom. The zero-order chi connectivity index (χ0) is 21.8. The molecule has 1 amide bonds. The maximum atomic E-state index is 12.6. The van der Waals surface area contributed by atoms with Crippen molar-refractivity contribution < 1.29 is 9.53 Å². The number of nitrogens with zero attached hydrogens (tertiary/aromatic N) is 5. The second-order valence-electron chi connectivity index (χ2n) is 7.28. The van der Waals surface area contributed by atoms with Gasteiger partial charge in [0.1, 0.15) is 11.3 Å². The van der Waals surface area contributed by atoms with Crippen molar-refractivity contribution in [2.75, 3.05) is 13.7 Å². The largest absolute Gasteiger partial charge is 0.383 e. The highest BCUT2D eigenvalue weighted by atomic mass is 16.5. The van der Waals surface area contributed by atoms with E-state index in [9.17, 15) is 9.59 Å². The number of rotatable bonds is 8. The number of fused-ring (bicyclic) bond motifs is 2. The third-order valence-corrected chi connectivity index (χ3v) is 5.15. The summed E-state index contributed by atoms with van der Waals surface area (Å²) in [7, 11) is 1.65. The van der Waals surface area contributed by atoms with Crippen molar-refractivity contribution in [3.63, 3.8) is 0 Å². The normalized spacial score (nSPS) is 12.3. The zero-order valence-electron chi connectivity index (χ0n) is 17.5. The van der Waals surface area contributed by atoms with Gasteiger partial charge in [-0.3, -0.25) is 9.59 Å². The first-order valence-electron chi connectivity index (χ1n) is 10.1. The predicted octanol–water partition coefficient (Wildman–Crippen LogP) is 2.06. The van der Waals surface area contributed by atoms with Crippen LogP contribution in [-0.2, 0) is 22.6 Å². The molecule has 1 unspecified atom stereocenters. The number of carbonyl (C=O) groups excluding carboxylic acids is 1. The lowest BCUT2D eigenvalue weighted by atomic mass is 10.2. The molecule has 9 nitrogen and oxygen atoms in total. The number of nitrogens with one attached hydrogen (secondary N) is 1. The molecule has 4 aromatic rings. The number of aryl methyl sites for hydroxylation is 1. The molecule has 0 saturated carbocycles. The third-order valence-electron chi connectivity index (χ3n) is 5.15. The number of hydrogen-bond acceptors (Lipinski definition) is 6. The Hall–Kier alpha value is -3.59. The van der Waals surface area contributed by atoms with Crippen LogP contribution in [0.25, 0.3) is 21.9 Å². The molecule has 0 saturated heterocycles. The average Bonchev–Trinajstić information content (AvgIpc) is 3.16. The predicted molar refractivity (Wildman–Crippen MR) is 117 cm³/mol. The summed E-state index contributed by atoms with van der Waals surface area (Å²) in [6.07, 6.45) is 0.107. The van der Waals surface area contributed by atoms with E-state index < -0.39 is 0 Å². The zero-order valence-corrected chi connectivity index (χ0v) is 17.5. The van der Waals surface area contributed by atoms with Crippen LogP contribution >= 0.6 is 0 Å². The van der Waals surface area contributed by atoms with E-state index in [0.717, 1.165) is 16.9 Å². The van der Waals surface area contributed by atoms with E-state index in [1.54, 1.807) is 31.4 Å². The summed E-state index contributed by atoms with van der Waals surface area (Å²) >= 11 is 0. The topological polar surface area (TPSA) is 104 Å². The van der Waals surface area contributed by atoms with Crippen LogP contribution in [-0.4, -0.2) is 44.2 Å². The molecule has 1 atom stereocenters. The number of amides is 1. The van der Waals surface area contributed by atoms with Gasteiger partial charge in [0.2, 0.25) is 5.91 Å². The minimum absolute atomic E-state index is 0.107. The fourth-order valence-corrected chi connectivity index (χ4v) is 3.60. The molecule has 0 bridgehead atoms. The maximum Gasteiger partial charge on any atom is 0.277 e. The quantitative estimate of drug-likeness (QED) is 0.468. The van der Waals surface area contributed by atoms with E-state index >= 15 is 0 Å². The lowest BCUT2D eigenvalue weighted by Crippen LogP contribution is -2.32. The van der Waals surface area contributed by atoms with Gasteiger partial charge in [-0.2, -0.15) is 0 Å². The first kappa shape index (κ1) is 20.7. The van der Waals surface area contributed by atoms with E-state index in [2.05, 4.69) is 20.2 Å². The average molecular weight is 420 g/mol. The van der Waals surface area contributed by atoms with E-state index in [1.165, 1.54) is 4.68 Å². The lowest BCUT2D eigenvalue weighted by Gasteiger charge is -2.16. The fraction of sp³-hybridized carbons (Fsp3) is 0.318. The standard InChI is InChI=1S/C22H24N6O3/c1-15(21-24-18-9-5-6-10-19(18)27(21)13-14-31-2)23-20(29)11-12-28-22(30)16-7-3-4-8-17(16)25-26-28/h3-10,15H,11-14H2,1-2H3,(H,23,29). The van der Waals surface area contributed by atoms with Crippen LogP contribution in [0.15, 0.2) is 53.3 Å². The van der Waals surface area contributed by atoms with Crippen LogP contribution in [0.2, 0.25) is 0 Å². The Labute approximate surface area is 178 Å². The molecule has 0 spiro atoms. The minimum Gasteiger partial charge on any atom is -0.383 e. The van der Waals surface area contributed by atoms with Crippen molar-refractivity contribution >= 4 is 27.8 Å². The van der Waals surface area contributed by atoms with Gasteiger partial charge in [-0.15, -0.1) is 5.10 Å². The van der Waals surface area contributed by atoms with Gasteiger partial charge in [0, 0.05) is 20.1 Å². The van der Waals surface area contributed by atoms with Crippen molar-refractivity contribution in [3.05, 3.63) is 64.7 Å². The number of imidazole rings is 1. The van der Waals surface area contributed by atoms with Gasteiger partial charge in [-0.05, 0) is 31.2 Å². The fourth-order valence-electron chi connectivity index (χ4n) is 3.60. The molecule has 2 heterocycles. The molecule has 0 radical (unpaired) electrons. The Morgan fingerprint density at radius 3 is 2.65 bits per heavy atom. The van der Waals surface area contributed by atoms with Crippen LogP contribution < -0.4 is 10.9 Å². The molecule has 0 fully saturated rings. The summed E-state index contributed by atoms with van der Waals surface area (Å²) in [5.74, 6) is 0.564. The first-order chi connectivity index (χ1) is 15.1. The number of benzene rings is 2. The van der Waals surface area contributed by atoms with Crippen LogP contribution in [0.1, 0.15) is 25.2 Å². The molecule has 2 aromatic heterocycles. The Morgan fingerprint density at radius 1 is 1.10 bits per heavy atom. The molecule has 0 aliphatic heterocycles. The highest BCUT2D eigenvalue weighted by Crippen LogP contribution is 2.21. The van der Waals surface area contributed by atoms with E-state index in [4.69, 9.17) is 9.72 Å². The smallest absolute Gasteiger partial charge is 0.277 e. The summed E-state index contributed by atoms with van der Waals surface area (Å²) in [5.41, 5.74) is 2.14. The van der Waals surface area contributed by atoms with E-state index in [1.807, 2.05) is 31.2 Å². The molecular weight excluding hydrogens is 396 g/mol. The van der Waals surface area contributed by atoms with Crippen LogP contribution in [0.5, 0.6) is 0 Å². The molecule has 2 aromatic carbocycles. The van der Waals surface area contributed by atoms with Crippen LogP contribution in [0, 0.1) is 0 Å². The number of carbonyl (C=O) groups is 1. The van der Waals surface area contributed by atoms with Gasteiger partial charge in [-0.25, -0.2) is 9.67 Å². The van der Waals surface area contributed by atoms with Gasteiger partial charge < -0.3 is 14.6 Å². The summed E-state index contributed by atoms with van der Waals surface area (Å²) in [6, 6.07) is 14.6. The molecule has 160 valence electrons. The molecular formula is C22H24N6O3. The van der Waals surface area contributed by atoms with Crippen LogP contribution in [0.3, 0.4) is 0 Å². The SMILES string of the molecule is COCCn1c(C(C)NC(=O)CCn2nnc3ccccc3c2=O)nc2ccccc21. The summed E-state index contributed by atoms with van der Waals surface area (Å²) in [6.45, 7) is 3.21.